The third-order valence-corrected chi connectivity index (χ3v) is 4.68. The predicted octanol–water partition coefficient (Wildman–Crippen LogP) is 4.39. The first-order valence-corrected chi connectivity index (χ1v) is 9.45. The molecule has 0 spiro atoms. The molecule has 7 heteroatoms. The summed E-state index contributed by atoms with van der Waals surface area (Å²) in [5.41, 5.74) is 5.57. The zero-order valence-electron chi connectivity index (χ0n) is 16.7. The molecule has 2 aromatic carbocycles. The van der Waals surface area contributed by atoms with Gasteiger partial charge in [-0.2, -0.15) is 10.1 Å². The summed E-state index contributed by atoms with van der Waals surface area (Å²) in [5.74, 6) is 1.75. The maximum absolute atomic E-state index is 5.74. The monoisotopic (exact) mass is 384 g/mol. The van der Waals surface area contributed by atoms with Crippen LogP contribution in [0, 0.1) is 13.8 Å². The quantitative estimate of drug-likeness (QED) is 0.462. The first kappa shape index (κ1) is 19.0. The Morgan fingerprint density at radius 2 is 1.76 bits per heavy atom. The molecule has 4 rings (SSSR count). The topological polar surface area (TPSA) is 66.0 Å². The Morgan fingerprint density at radius 1 is 1.03 bits per heavy atom. The van der Waals surface area contributed by atoms with Crippen molar-refractivity contribution in [3.8, 4) is 40.0 Å². The number of hydrogen-bond acceptors (Lipinski definition) is 5. The molecule has 0 unspecified atom stereocenters. The van der Waals surface area contributed by atoms with E-state index in [-0.39, 0.29) is 0 Å². The van der Waals surface area contributed by atoms with Gasteiger partial charge in [-0.3, -0.25) is 4.68 Å². The highest BCUT2D eigenvalue weighted by atomic mass is 16.5. The second kappa shape index (κ2) is 7.95. The van der Waals surface area contributed by atoms with E-state index in [2.05, 4.69) is 15.2 Å². The lowest BCUT2D eigenvalue weighted by molar-refractivity contribution is 0.336. The van der Waals surface area contributed by atoms with Crippen LogP contribution in [0.25, 0.3) is 34.2 Å². The number of nitrogens with zero attached hydrogens (tertiary/aromatic N) is 4. The normalized spacial score (nSPS) is 11.0. The van der Waals surface area contributed by atoms with Crippen molar-refractivity contribution in [2.75, 3.05) is 6.61 Å². The van der Waals surface area contributed by atoms with Gasteiger partial charge < -0.3 is 9.26 Å². The van der Waals surface area contributed by atoms with E-state index in [0.717, 1.165) is 33.7 Å². The van der Waals surface area contributed by atoms with Crippen LogP contribution in [-0.2, 0) is 7.05 Å². The van der Waals surface area contributed by atoms with Crippen molar-refractivity contribution in [1.82, 2.24) is 19.9 Å². The molecular formula is C22H21BN4O2. The van der Waals surface area contributed by atoms with Crippen LogP contribution < -0.4 is 4.74 Å². The number of hydrogen-bond donors (Lipinski definition) is 0. The van der Waals surface area contributed by atoms with Gasteiger partial charge in [0.2, 0.25) is 5.82 Å². The van der Waals surface area contributed by atoms with Crippen LogP contribution in [0.4, 0.5) is 0 Å². The van der Waals surface area contributed by atoms with Gasteiger partial charge in [0.15, 0.2) is 5.69 Å². The molecule has 0 saturated carbocycles. The fraction of sp³-hybridized carbons (Fsp3) is 0.227. The first-order valence-electron chi connectivity index (χ1n) is 9.45. The van der Waals surface area contributed by atoms with Crippen molar-refractivity contribution in [3.63, 3.8) is 0 Å². The molecule has 0 atom stereocenters. The second-order valence-electron chi connectivity index (χ2n) is 6.90. The Labute approximate surface area is 170 Å². The SMILES string of the molecule is [B]CCOc1c(C)cc(-c2noc(-c3cc(-c4ccccc4)n(C)n3)n2)cc1C. The van der Waals surface area contributed by atoms with Crippen LogP contribution in [0.1, 0.15) is 11.1 Å². The second-order valence-corrected chi connectivity index (χ2v) is 6.90. The molecule has 29 heavy (non-hydrogen) atoms. The smallest absolute Gasteiger partial charge is 0.278 e. The molecule has 6 nitrogen and oxygen atoms in total. The minimum atomic E-state index is 0.386. The van der Waals surface area contributed by atoms with Gasteiger partial charge in [0.25, 0.3) is 5.89 Å². The summed E-state index contributed by atoms with van der Waals surface area (Å²) in [7, 11) is 7.44. The van der Waals surface area contributed by atoms with Crippen molar-refractivity contribution in [1.29, 1.82) is 0 Å². The minimum absolute atomic E-state index is 0.386. The van der Waals surface area contributed by atoms with Gasteiger partial charge in [0, 0.05) is 12.6 Å². The number of aromatic nitrogens is 4. The highest BCUT2D eigenvalue weighted by Crippen LogP contribution is 2.31. The number of ether oxygens (including phenoxy) is 1. The Kier molecular flexibility index (Phi) is 5.21. The highest BCUT2D eigenvalue weighted by Gasteiger charge is 2.17. The molecule has 144 valence electrons. The predicted molar refractivity (Wildman–Crippen MR) is 113 cm³/mol. The molecule has 0 aliphatic heterocycles. The average molecular weight is 384 g/mol. The van der Waals surface area contributed by atoms with Crippen LogP contribution in [0.3, 0.4) is 0 Å². The molecular weight excluding hydrogens is 363 g/mol. The lowest BCUT2D eigenvalue weighted by atomic mass is 10.0. The molecule has 2 heterocycles. The van der Waals surface area contributed by atoms with E-state index in [1.165, 1.54) is 0 Å². The third-order valence-electron chi connectivity index (χ3n) is 4.68. The zero-order chi connectivity index (χ0) is 20.4. The summed E-state index contributed by atoms with van der Waals surface area (Å²) < 4.78 is 13.0. The summed E-state index contributed by atoms with van der Waals surface area (Å²) in [6, 6.07) is 16.0. The zero-order valence-corrected chi connectivity index (χ0v) is 16.7. The van der Waals surface area contributed by atoms with Gasteiger partial charge in [-0.15, -0.1) is 0 Å². The Morgan fingerprint density at radius 3 is 2.45 bits per heavy atom. The minimum Gasteiger partial charge on any atom is -0.494 e. The van der Waals surface area contributed by atoms with Crippen LogP contribution in [0.15, 0.2) is 53.1 Å². The maximum Gasteiger partial charge on any atom is 0.278 e. The molecule has 0 aliphatic rings. The van der Waals surface area contributed by atoms with E-state index in [0.29, 0.717) is 30.3 Å². The molecule has 0 saturated heterocycles. The summed E-state index contributed by atoms with van der Waals surface area (Å²) in [6.45, 7) is 4.47. The van der Waals surface area contributed by atoms with Crippen LogP contribution in [-0.4, -0.2) is 34.4 Å². The van der Waals surface area contributed by atoms with E-state index in [1.54, 1.807) is 0 Å². The maximum atomic E-state index is 5.74. The van der Waals surface area contributed by atoms with Crippen molar-refractivity contribution >= 4 is 7.85 Å². The molecule has 2 radical (unpaired) electrons. The van der Waals surface area contributed by atoms with Gasteiger partial charge in [-0.1, -0.05) is 41.8 Å². The van der Waals surface area contributed by atoms with Gasteiger partial charge in [0.05, 0.1) is 20.1 Å². The van der Waals surface area contributed by atoms with Crippen molar-refractivity contribution < 1.29 is 9.26 Å². The lowest BCUT2D eigenvalue weighted by Crippen LogP contribution is -2.00. The molecule has 0 bridgehead atoms. The molecule has 4 aromatic rings. The average Bonchev–Trinajstić information content (AvgIpc) is 3.35. The molecule has 0 fully saturated rings. The van der Waals surface area contributed by atoms with Crippen LogP contribution >= 0.6 is 0 Å². The summed E-state index contributed by atoms with van der Waals surface area (Å²) in [4.78, 5) is 4.56. The van der Waals surface area contributed by atoms with Gasteiger partial charge in [-0.05, 0) is 48.7 Å². The number of aryl methyl sites for hydroxylation is 3. The van der Waals surface area contributed by atoms with Gasteiger partial charge >= 0.3 is 0 Å². The van der Waals surface area contributed by atoms with Gasteiger partial charge in [-0.25, -0.2) is 0 Å². The molecule has 0 aliphatic carbocycles. The Balaban J connectivity index is 1.64. The van der Waals surface area contributed by atoms with E-state index in [4.69, 9.17) is 17.1 Å². The van der Waals surface area contributed by atoms with Crippen molar-refractivity contribution in [3.05, 3.63) is 59.7 Å². The lowest BCUT2D eigenvalue weighted by Gasteiger charge is -2.12. The van der Waals surface area contributed by atoms with Crippen LogP contribution in [0.2, 0.25) is 6.32 Å². The third kappa shape index (κ3) is 3.81. The standard InChI is InChI=1S/C22H21BN4O2/c1-14-11-17(12-15(2)20(14)28-10-9-23)21-24-22(29-26-21)18-13-19(27(3)25-18)16-7-5-4-6-8-16/h4-8,11-13H,9-10H2,1-3H3. The first-order chi connectivity index (χ1) is 14.1. The summed E-state index contributed by atoms with van der Waals surface area (Å²) in [6.07, 6.45) is 0.476. The van der Waals surface area contributed by atoms with E-state index >= 15 is 0 Å². The number of benzene rings is 2. The van der Waals surface area contributed by atoms with Crippen molar-refractivity contribution in [2.45, 2.75) is 20.2 Å². The number of rotatable bonds is 6. The van der Waals surface area contributed by atoms with Crippen LogP contribution in [0.5, 0.6) is 5.75 Å². The molecule has 2 aromatic heterocycles. The molecule has 0 N–H and O–H groups in total. The molecule has 0 amide bonds. The summed E-state index contributed by atoms with van der Waals surface area (Å²) in [5, 5.41) is 8.69. The van der Waals surface area contributed by atoms with E-state index in [9.17, 15) is 0 Å². The van der Waals surface area contributed by atoms with E-state index < -0.39 is 0 Å². The Bertz CT molecular complexity index is 1110. The fourth-order valence-electron chi connectivity index (χ4n) is 3.36. The highest BCUT2D eigenvalue weighted by molar-refractivity contribution is 6.08. The summed E-state index contributed by atoms with van der Waals surface area (Å²) >= 11 is 0. The van der Waals surface area contributed by atoms with Gasteiger partial charge in [0.1, 0.15) is 5.75 Å². The largest absolute Gasteiger partial charge is 0.494 e. The fourth-order valence-corrected chi connectivity index (χ4v) is 3.36. The van der Waals surface area contributed by atoms with Crippen molar-refractivity contribution in [2.24, 2.45) is 7.05 Å². The Hall–Kier alpha value is -3.35. The van der Waals surface area contributed by atoms with E-state index in [1.807, 2.05) is 74.1 Å².